The minimum absolute atomic E-state index is 0. The van der Waals surface area contributed by atoms with Gasteiger partial charge in [-0.2, -0.15) is 0 Å². The van der Waals surface area contributed by atoms with Gasteiger partial charge in [0.2, 0.25) is 0 Å². The van der Waals surface area contributed by atoms with E-state index in [2.05, 4.69) is 12.1 Å². The summed E-state index contributed by atoms with van der Waals surface area (Å²) in [5, 5.41) is 26.5. The molecule has 0 aliphatic rings. The van der Waals surface area contributed by atoms with E-state index >= 15 is 0 Å². The van der Waals surface area contributed by atoms with Gasteiger partial charge in [-0.25, -0.2) is 9.59 Å². The maximum Gasteiger partial charge on any atom is 0.337 e. The third-order valence-corrected chi connectivity index (χ3v) is 5.09. The van der Waals surface area contributed by atoms with Crippen molar-refractivity contribution in [2.24, 2.45) is 0 Å². The second-order valence-corrected chi connectivity index (χ2v) is 6.43. The number of carboxylic acid groups (broad SMARTS) is 2. The standard InChI is InChI=1S/C22H12O4.2K/c23-21(24)16-9-8-14-15-7-6-12-3-1-2-11-4-5-13(19(15)18(11)12)10-17(14)20(16)22(25)26;;/h1-10H,(H,23,24)(H,25,26);;. The molecule has 0 fully saturated rings. The molecule has 28 heavy (non-hydrogen) atoms. The molecule has 0 aliphatic carbocycles. The van der Waals surface area contributed by atoms with Crippen molar-refractivity contribution >= 4 is 158 Å². The first-order valence-corrected chi connectivity index (χ1v) is 8.16. The molecule has 0 amide bonds. The summed E-state index contributed by atoms with van der Waals surface area (Å²) in [6.07, 6.45) is 0. The quantitative estimate of drug-likeness (QED) is 0.254. The van der Waals surface area contributed by atoms with Gasteiger partial charge in [-0.15, -0.1) is 0 Å². The molecule has 0 saturated carbocycles. The zero-order chi connectivity index (χ0) is 18.0. The zero-order valence-electron chi connectivity index (χ0n) is 15.5. The van der Waals surface area contributed by atoms with Gasteiger partial charge in [0.15, 0.2) is 0 Å². The van der Waals surface area contributed by atoms with Crippen LogP contribution in [0.25, 0.3) is 43.1 Å². The summed E-state index contributed by atoms with van der Waals surface area (Å²) >= 11 is 0. The fourth-order valence-electron chi connectivity index (χ4n) is 4.02. The predicted molar refractivity (Wildman–Crippen MR) is 113 cm³/mol. The molecule has 0 atom stereocenters. The molecule has 2 radical (unpaired) electrons. The van der Waals surface area contributed by atoms with Crippen molar-refractivity contribution in [1.82, 2.24) is 0 Å². The summed E-state index contributed by atoms with van der Waals surface area (Å²) in [5.41, 5.74) is -0.363. The molecule has 0 unspecified atom stereocenters. The van der Waals surface area contributed by atoms with E-state index in [0.29, 0.717) is 5.39 Å². The zero-order valence-corrected chi connectivity index (χ0v) is 21.7. The first kappa shape index (κ1) is 22.3. The van der Waals surface area contributed by atoms with Crippen molar-refractivity contribution < 1.29 is 19.8 Å². The summed E-state index contributed by atoms with van der Waals surface area (Å²) < 4.78 is 0. The first-order chi connectivity index (χ1) is 12.6. The molecule has 0 saturated heterocycles. The molecule has 0 spiro atoms. The van der Waals surface area contributed by atoms with E-state index in [0.717, 1.165) is 37.7 Å². The molecule has 2 N–H and O–H groups in total. The molecule has 0 bridgehead atoms. The van der Waals surface area contributed by atoms with E-state index in [4.69, 9.17) is 0 Å². The summed E-state index contributed by atoms with van der Waals surface area (Å²) in [6, 6.07) is 19.0. The number of fused-ring (bicyclic) bond motifs is 2. The van der Waals surface area contributed by atoms with Gasteiger partial charge in [0.25, 0.3) is 0 Å². The minimum Gasteiger partial charge on any atom is -0.478 e. The van der Waals surface area contributed by atoms with Crippen LogP contribution < -0.4 is 0 Å². The van der Waals surface area contributed by atoms with Crippen LogP contribution in [0, 0.1) is 0 Å². The van der Waals surface area contributed by atoms with E-state index < -0.39 is 11.9 Å². The van der Waals surface area contributed by atoms with Crippen LogP contribution >= 0.6 is 0 Å². The first-order valence-electron chi connectivity index (χ1n) is 8.16. The minimum atomic E-state index is -1.24. The number of carbonyl (C=O) groups is 2. The Bertz CT molecular complexity index is 1380. The van der Waals surface area contributed by atoms with E-state index in [9.17, 15) is 19.8 Å². The smallest absolute Gasteiger partial charge is 0.337 e. The summed E-state index contributed by atoms with van der Waals surface area (Å²) in [6.45, 7) is 0. The van der Waals surface area contributed by atoms with Gasteiger partial charge >= 0.3 is 11.9 Å². The van der Waals surface area contributed by atoms with Crippen molar-refractivity contribution in [2.75, 3.05) is 0 Å². The van der Waals surface area contributed by atoms with E-state index in [1.165, 1.54) is 6.07 Å². The number of benzene rings is 5. The molecule has 5 aromatic carbocycles. The largest absolute Gasteiger partial charge is 0.478 e. The second kappa shape index (κ2) is 8.39. The van der Waals surface area contributed by atoms with Crippen molar-refractivity contribution in [2.45, 2.75) is 0 Å². The monoisotopic (exact) mass is 418 g/mol. The van der Waals surface area contributed by atoms with Crippen LogP contribution in [0.5, 0.6) is 0 Å². The van der Waals surface area contributed by atoms with Gasteiger partial charge in [-0.05, 0) is 55.2 Å². The van der Waals surface area contributed by atoms with Crippen LogP contribution in [-0.4, -0.2) is 125 Å². The molecule has 0 heterocycles. The number of rotatable bonds is 2. The van der Waals surface area contributed by atoms with E-state index in [1.807, 2.05) is 30.3 Å². The Morgan fingerprint density at radius 2 is 1.21 bits per heavy atom. The van der Waals surface area contributed by atoms with E-state index in [1.54, 1.807) is 12.1 Å². The van der Waals surface area contributed by atoms with Gasteiger partial charge in [0.1, 0.15) is 0 Å². The maximum atomic E-state index is 11.8. The molecule has 126 valence electrons. The van der Waals surface area contributed by atoms with Gasteiger partial charge in [0, 0.05) is 103 Å². The Morgan fingerprint density at radius 1 is 0.607 bits per heavy atom. The van der Waals surface area contributed by atoms with Crippen LogP contribution in [0.4, 0.5) is 0 Å². The maximum absolute atomic E-state index is 11.8. The number of aromatic carboxylic acids is 2. The van der Waals surface area contributed by atoms with Crippen LogP contribution in [0.1, 0.15) is 20.7 Å². The third-order valence-electron chi connectivity index (χ3n) is 5.09. The molecule has 5 rings (SSSR count). The van der Waals surface area contributed by atoms with Crippen LogP contribution in [-0.2, 0) is 0 Å². The Balaban J connectivity index is 0.00000112. The Morgan fingerprint density at radius 3 is 1.86 bits per heavy atom. The second-order valence-electron chi connectivity index (χ2n) is 6.43. The molecule has 0 aliphatic heterocycles. The van der Waals surface area contributed by atoms with Crippen LogP contribution in [0.15, 0.2) is 60.7 Å². The molecule has 0 aromatic heterocycles. The fourth-order valence-corrected chi connectivity index (χ4v) is 4.02. The Hall–Kier alpha value is -0.387. The summed E-state index contributed by atoms with van der Waals surface area (Å²) in [7, 11) is 0. The summed E-state index contributed by atoms with van der Waals surface area (Å²) in [4.78, 5) is 23.3. The summed E-state index contributed by atoms with van der Waals surface area (Å²) in [5.74, 6) is -2.48. The molecule has 6 heteroatoms. The topological polar surface area (TPSA) is 74.6 Å². The number of carboxylic acids is 2. The molecular formula is C22H12K2O4. The molecular weight excluding hydrogens is 406 g/mol. The van der Waals surface area contributed by atoms with Crippen LogP contribution in [0.2, 0.25) is 0 Å². The van der Waals surface area contributed by atoms with Crippen molar-refractivity contribution in [3.8, 4) is 0 Å². The average Bonchev–Trinajstić information content (AvgIpc) is 2.64. The molecule has 5 aromatic rings. The predicted octanol–water partition coefficient (Wildman–Crippen LogP) is 4.37. The van der Waals surface area contributed by atoms with Gasteiger partial charge in [-0.3, -0.25) is 0 Å². The van der Waals surface area contributed by atoms with Gasteiger partial charge in [0.05, 0.1) is 11.1 Å². The van der Waals surface area contributed by atoms with Gasteiger partial charge < -0.3 is 10.2 Å². The van der Waals surface area contributed by atoms with E-state index in [-0.39, 0.29) is 114 Å². The van der Waals surface area contributed by atoms with Crippen LogP contribution in [0.3, 0.4) is 0 Å². The number of hydrogen-bond donors (Lipinski definition) is 2. The molecule has 4 nitrogen and oxygen atoms in total. The SMILES string of the molecule is O=C(O)c1ccc2c(cc3ccc4cccc5ccc2c3c45)c1C(=O)O.[K].[K]. The number of hydrogen-bond acceptors (Lipinski definition) is 2. The van der Waals surface area contributed by atoms with Crippen molar-refractivity contribution in [1.29, 1.82) is 0 Å². The Labute approximate surface area is 245 Å². The third kappa shape index (κ3) is 3.30. The average molecular weight is 419 g/mol. The van der Waals surface area contributed by atoms with Crippen molar-refractivity contribution in [3.63, 3.8) is 0 Å². The van der Waals surface area contributed by atoms with Gasteiger partial charge in [-0.1, -0.05) is 48.5 Å². The van der Waals surface area contributed by atoms with Crippen molar-refractivity contribution in [3.05, 3.63) is 71.8 Å². The normalized spacial score (nSPS) is 10.9. The fraction of sp³-hybridized carbons (Fsp3) is 0. The Kier molecular flexibility index (Phi) is 6.68.